The molecule has 100 valence electrons. The van der Waals surface area contributed by atoms with Gasteiger partial charge in [0, 0.05) is 0 Å². The Morgan fingerprint density at radius 2 is 1.95 bits per heavy atom. The summed E-state index contributed by atoms with van der Waals surface area (Å²) in [6.07, 6.45) is 1.75. The van der Waals surface area contributed by atoms with Gasteiger partial charge in [0.25, 0.3) is 5.91 Å². The Hall–Kier alpha value is -1.88. The van der Waals surface area contributed by atoms with Crippen molar-refractivity contribution in [3.8, 4) is 5.75 Å². The topological polar surface area (TPSA) is 50.4 Å². The van der Waals surface area contributed by atoms with Crippen LogP contribution in [0.25, 0.3) is 6.08 Å². The van der Waals surface area contributed by atoms with Crippen LogP contribution in [0.2, 0.25) is 0 Å². The van der Waals surface area contributed by atoms with Gasteiger partial charge in [-0.25, -0.2) is 0 Å². The second-order valence-electron chi connectivity index (χ2n) is 4.74. The SMILES string of the molecule is CC(C)COc1ccc(C=C2NC(=S)NC2=O)cc1. The molecule has 0 aliphatic carbocycles. The standard InChI is InChI=1S/C14H16N2O2S/c1-9(2)8-18-11-5-3-10(4-6-11)7-12-13(17)16-14(19)15-12/h3-7,9H,8H2,1-2H3,(H2,15,16,17,19). The van der Waals surface area contributed by atoms with Gasteiger partial charge >= 0.3 is 0 Å². The maximum absolute atomic E-state index is 11.5. The number of hydrogen-bond acceptors (Lipinski definition) is 3. The molecule has 1 amide bonds. The molecule has 19 heavy (non-hydrogen) atoms. The van der Waals surface area contributed by atoms with Crippen molar-refractivity contribution in [2.75, 3.05) is 6.61 Å². The quantitative estimate of drug-likeness (QED) is 0.653. The normalized spacial score (nSPS) is 16.7. The van der Waals surface area contributed by atoms with Crippen molar-refractivity contribution in [3.63, 3.8) is 0 Å². The van der Waals surface area contributed by atoms with E-state index in [0.717, 1.165) is 11.3 Å². The summed E-state index contributed by atoms with van der Waals surface area (Å²) >= 11 is 4.87. The first-order valence-corrected chi connectivity index (χ1v) is 6.52. The van der Waals surface area contributed by atoms with Crippen molar-refractivity contribution in [1.29, 1.82) is 0 Å². The minimum Gasteiger partial charge on any atom is -0.493 e. The highest BCUT2D eigenvalue weighted by molar-refractivity contribution is 7.80. The van der Waals surface area contributed by atoms with Gasteiger partial charge in [0.2, 0.25) is 0 Å². The molecule has 0 atom stereocenters. The van der Waals surface area contributed by atoms with E-state index in [1.54, 1.807) is 6.08 Å². The van der Waals surface area contributed by atoms with E-state index in [4.69, 9.17) is 17.0 Å². The Bertz CT molecular complexity index is 521. The number of nitrogens with one attached hydrogen (secondary N) is 2. The Morgan fingerprint density at radius 1 is 1.26 bits per heavy atom. The molecule has 0 bridgehead atoms. The molecule has 1 saturated heterocycles. The highest BCUT2D eigenvalue weighted by atomic mass is 32.1. The highest BCUT2D eigenvalue weighted by Crippen LogP contribution is 2.15. The summed E-state index contributed by atoms with van der Waals surface area (Å²) in [4.78, 5) is 11.5. The molecular weight excluding hydrogens is 260 g/mol. The van der Waals surface area contributed by atoms with E-state index in [2.05, 4.69) is 24.5 Å². The zero-order valence-corrected chi connectivity index (χ0v) is 11.7. The lowest BCUT2D eigenvalue weighted by atomic mass is 10.2. The molecule has 0 radical (unpaired) electrons. The molecule has 0 spiro atoms. The van der Waals surface area contributed by atoms with Crippen LogP contribution in [-0.4, -0.2) is 17.6 Å². The van der Waals surface area contributed by atoms with Crippen LogP contribution in [0, 0.1) is 5.92 Å². The van der Waals surface area contributed by atoms with Gasteiger partial charge in [-0.1, -0.05) is 26.0 Å². The predicted octanol–water partition coefficient (Wildman–Crippen LogP) is 2.07. The van der Waals surface area contributed by atoms with Gasteiger partial charge in [-0.3, -0.25) is 10.1 Å². The molecule has 1 aliphatic rings. The van der Waals surface area contributed by atoms with Gasteiger partial charge < -0.3 is 10.1 Å². The van der Waals surface area contributed by atoms with E-state index in [1.807, 2.05) is 24.3 Å². The Kier molecular flexibility index (Phi) is 4.16. The van der Waals surface area contributed by atoms with E-state index in [9.17, 15) is 4.79 Å². The number of amides is 1. The third-order valence-corrected chi connectivity index (χ3v) is 2.70. The summed E-state index contributed by atoms with van der Waals surface area (Å²) in [5.41, 5.74) is 1.38. The van der Waals surface area contributed by atoms with E-state index >= 15 is 0 Å². The lowest BCUT2D eigenvalue weighted by molar-refractivity contribution is -0.115. The summed E-state index contributed by atoms with van der Waals surface area (Å²) < 4.78 is 5.59. The first-order valence-electron chi connectivity index (χ1n) is 6.11. The molecule has 0 saturated carbocycles. The first-order chi connectivity index (χ1) is 9.04. The number of benzene rings is 1. The Morgan fingerprint density at radius 3 is 2.47 bits per heavy atom. The second kappa shape index (κ2) is 5.84. The van der Waals surface area contributed by atoms with E-state index in [0.29, 0.717) is 23.3 Å². The van der Waals surface area contributed by atoms with Crippen molar-refractivity contribution >= 4 is 29.3 Å². The summed E-state index contributed by atoms with van der Waals surface area (Å²) in [6, 6.07) is 7.58. The van der Waals surface area contributed by atoms with Crippen LogP contribution >= 0.6 is 12.2 Å². The van der Waals surface area contributed by atoms with E-state index in [-0.39, 0.29) is 5.91 Å². The average Bonchev–Trinajstić information content (AvgIpc) is 2.67. The third-order valence-electron chi connectivity index (χ3n) is 2.49. The molecule has 1 heterocycles. The zero-order valence-electron chi connectivity index (χ0n) is 10.9. The van der Waals surface area contributed by atoms with Gasteiger partial charge in [0.1, 0.15) is 11.4 Å². The van der Waals surface area contributed by atoms with Crippen LogP contribution in [-0.2, 0) is 4.79 Å². The molecule has 4 nitrogen and oxygen atoms in total. The number of rotatable bonds is 4. The fraction of sp³-hybridized carbons (Fsp3) is 0.286. The zero-order chi connectivity index (χ0) is 13.8. The van der Waals surface area contributed by atoms with E-state index < -0.39 is 0 Å². The van der Waals surface area contributed by atoms with Crippen LogP contribution in [0.15, 0.2) is 30.0 Å². The molecule has 0 unspecified atom stereocenters. The van der Waals surface area contributed by atoms with Gasteiger partial charge in [-0.15, -0.1) is 0 Å². The molecule has 1 aromatic carbocycles. The molecule has 0 aromatic heterocycles. The minimum absolute atomic E-state index is 0.204. The number of hydrogen-bond donors (Lipinski definition) is 2. The fourth-order valence-corrected chi connectivity index (χ4v) is 1.77. The molecular formula is C14H16N2O2S. The van der Waals surface area contributed by atoms with Crippen LogP contribution < -0.4 is 15.4 Å². The number of thiocarbonyl (C=S) groups is 1. The van der Waals surface area contributed by atoms with Gasteiger partial charge in [-0.2, -0.15) is 0 Å². The number of carbonyl (C=O) groups is 1. The summed E-state index contributed by atoms with van der Waals surface area (Å²) in [6.45, 7) is 4.90. The average molecular weight is 276 g/mol. The number of carbonyl (C=O) groups excluding carboxylic acids is 1. The minimum atomic E-state index is -0.204. The highest BCUT2D eigenvalue weighted by Gasteiger charge is 2.19. The monoisotopic (exact) mass is 276 g/mol. The van der Waals surface area contributed by atoms with Crippen LogP contribution in [0.3, 0.4) is 0 Å². The predicted molar refractivity (Wildman–Crippen MR) is 78.6 cm³/mol. The molecule has 1 fully saturated rings. The Balaban J connectivity index is 2.04. The van der Waals surface area contributed by atoms with Gasteiger partial charge in [0.05, 0.1) is 6.61 Å². The van der Waals surface area contributed by atoms with Crippen LogP contribution in [0.4, 0.5) is 0 Å². The second-order valence-corrected chi connectivity index (χ2v) is 5.15. The van der Waals surface area contributed by atoms with Gasteiger partial charge in [-0.05, 0) is 41.9 Å². The fourth-order valence-electron chi connectivity index (χ4n) is 1.57. The van der Waals surface area contributed by atoms with Crippen LogP contribution in [0.5, 0.6) is 5.75 Å². The van der Waals surface area contributed by atoms with Crippen LogP contribution in [0.1, 0.15) is 19.4 Å². The summed E-state index contributed by atoms with van der Waals surface area (Å²) in [5, 5.41) is 5.67. The van der Waals surface area contributed by atoms with Crippen molar-refractivity contribution in [3.05, 3.63) is 35.5 Å². The maximum Gasteiger partial charge on any atom is 0.273 e. The smallest absolute Gasteiger partial charge is 0.273 e. The van der Waals surface area contributed by atoms with Crippen molar-refractivity contribution in [1.82, 2.24) is 10.6 Å². The van der Waals surface area contributed by atoms with E-state index in [1.165, 1.54) is 0 Å². The summed E-state index contributed by atoms with van der Waals surface area (Å²) in [5.74, 6) is 1.12. The maximum atomic E-state index is 11.5. The lowest BCUT2D eigenvalue weighted by Crippen LogP contribution is -2.21. The molecule has 5 heteroatoms. The molecule has 2 rings (SSSR count). The lowest BCUT2D eigenvalue weighted by Gasteiger charge is -2.08. The Labute approximate surface area is 117 Å². The van der Waals surface area contributed by atoms with Crippen molar-refractivity contribution < 1.29 is 9.53 Å². The number of ether oxygens (including phenoxy) is 1. The van der Waals surface area contributed by atoms with Gasteiger partial charge in [0.15, 0.2) is 5.11 Å². The largest absolute Gasteiger partial charge is 0.493 e. The molecule has 1 aromatic rings. The van der Waals surface area contributed by atoms with Crippen molar-refractivity contribution in [2.24, 2.45) is 5.92 Å². The summed E-state index contributed by atoms with van der Waals surface area (Å²) in [7, 11) is 0. The molecule has 2 N–H and O–H groups in total. The third kappa shape index (κ3) is 3.79. The molecule has 1 aliphatic heterocycles. The first kappa shape index (κ1) is 13.5. The van der Waals surface area contributed by atoms with Crippen molar-refractivity contribution in [2.45, 2.75) is 13.8 Å².